The van der Waals surface area contributed by atoms with E-state index in [1.807, 2.05) is 0 Å². The third kappa shape index (κ3) is 3.17. The number of benzene rings is 1. The molecule has 0 atom stereocenters. The molecule has 0 unspecified atom stereocenters. The highest BCUT2D eigenvalue weighted by molar-refractivity contribution is 5.81. The third-order valence-electron chi connectivity index (χ3n) is 4.24. The molecule has 0 saturated carbocycles. The van der Waals surface area contributed by atoms with Crippen LogP contribution in [0.3, 0.4) is 0 Å². The quantitative estimate of drug-likeness (QED) is 0.933. The second-order valence-electron chi connectivity index (χ2n) is 5.79. The molecule has 21 heavy (non-hydrogen) atoms. The van der Waals surface area contributed by atoms with Gasteiger partial charge < -0.3 is 10.6 Å². The van der Waals surface area contributed by atoms with E-state index in [2.05, 4.69) is 47.1 Å². The molecule has 4 nitrogen and oxygen atoms in total. The van der Waals surface area contributed by atoms with Gasteiger partial charge in [0.05, 0.1) is 5.52 Å². The largest absolute Gasteiger partial charge is 0.354 e. The van der Waals surface area contributed by atoms with Gasteiger partial charge in [-0.2, -0.15) is 0 Å². The smallest absolute Gasteiger partial charge is 0.132 e. The van der Waals surface area contributed by atoms with Crippen LogP contribution in [-0.2, 0) is 0 Å². The van der Waals surface area contributed by atoms with Crippen molar-refractivity contribution in [3.63, 3.8) is 0 Å². The van der Waals surface area contributed by atoms with Crippen LogP contribution in [0, 0.1) is 6.92 Å². The van der Waals surface area contributed by atoms with Gasteiger partial charge in [0.15, 0.2) is 0 Å². The van der Waals surface area contributed by atoms with E-state index in [4.69, 9.17) is 10.7 Å². The zero-order valence-corrected chi connectivity index (χ0v) is 12.8. The molecule has 0 bridgehead atoms. The van der Waals surface area contributed by atoms with Crippen molar-refractivity contribution in [1.82, 2.24) is 9.88 Å². The normalized spacial score (nSPS) is 16.6. The van der Waals surface area contributed by atoms with Crippen molar-refractivity contribution in [2.24, 2.45) is 5.73 Å². The van der Waals surface area contributed by atoms with Gasteiger partial charge in [-0.25, -0.2) is 4.98 Å². The molecule has 1 aliphatic heterocycles. The van der Waals surface area contributed by atoms with Crippen molar-refractivity contribution in [1.29, 1.82) is 0 Å². The zero-order valence-electron chi connectivity index (χ0n) is 12.8. The summed E-state index contributed by atoms with van der Waals surface area (Å²) in [6, 6.07) is 10.6. The standard InChI is InChI=1S/C17H24N4/c1-14-13-15-5-2-3-6-16(15)19-17(14)21-11-9-20(10-12-21)8-4-7-18/h2-3,5-6,13H,4,7-12,18H2,1H3. The third-order valence-corrected chi connectivity index (χ3v) is 4.24. The second-order valence-corrected chi connectivity index (χ2v) is 5.79. The predicted octanol–water partition coefficient (Wildman–Crippen LogP) is 2.01. The van der Waals surface area contributed by atoms with Gasteiger partial charge in [-0.1, -0.05) is 18.2 Å². The molecule has 2 N–H and O–H groups in total. The molecule has 0 radical (unpaired) electrons. The minimum atomic E-state index is 0.783. The summed E-state index contributed by atoms with van der Waals surface area (Å²) in [5, 5.41) is 1.22. The Morgan fingerprint density at radius 1 is 1.14 bits per heavy atom. The van der Waals surface area contributed by atoms with Crippen molar-refractivity contribution in [2.45, 2.75) is 13.3 Å². The Balaban J connectivity index is 1.74. The minimum absolute atomic E-state index is 0.783. The lowest BCUT2D eigenvalue weighted by molar-refractivity contribution is 0.256. The van der Waals surface area contributed by atoms with Gasteiger partial charge in [0.2, 0.25) is 0 Å². The summed E-state index contributed by atoms with van der Waals surface area (Å²) >= 11 is 0. The van der Waals surface area contributed by atoms with Gasteiger partial charge in [-0.3, -0.25) is 4.90 Å². The fraction of sp³-hybridized carbons (Fsp3) is 0.471. The van der Waals surface area contributed by atoms with Crippen molar-refractivity contribution in [3.05, 3.63) is 35.9 Å². The number of nitrogens with zero attached hydrogens (tertiary/aromatic N) is 3. The summed E-state index contributed by atoms with van der Waals surface area (Å²) in [7, 11) is 0. The van der Waals surface area contributed by atoms with Crippen LogP contribution in [0.5, 0.6) is 0 Å². The first-order chi connectivity index (χ1) is 10.3. The lowest BCUT2D eigenvalue weighted by Gasteiger charge is -2.36. The molecule has 3 rings (SSSR count). The van der Waals surface area contributed by atoms with Crippen LogP contribution in [0.1, 0.15) is 12.0 Å². The fourth-order valence-electron chi connectivity index (χ4n) is 3.03. The van der Waals surface area contributed by atoms with Crippen LogP contribution in [-0.4, -0.2) is 49.2 Å². The van der Waals surface area contributed by atoms with E-state index in [1.54, 1.807) is 0 Å². The Bertz CT molecular complexity index is 603. The molecule has 0 spiro atoms. The topological polar surface area (TPSA) is 45.4 Å². The molecule has 2 aromatic rings. The number of piperazine rings is 1. The van der Waals surface area contributed by atoms with Crippen LogP contribution in [0.15, 0.2) is 30.3 Å². The number of aryl methyl sites for hydroxylation is 1. The van der Waals surface area contributed by atoms with Crippen molar-refractivity contribution in [3.8, 4) is 0 Å². The molecule has 1 aromatic carbocycles. The summed E-state index contributed by atoms with van der Waals surface area (Å²) in [5.74, 6) is 1.15. The van der Waals surface area contributed by atoms with Crippen molar-refractivity contribution >= 4 is 16.7 Å². The zero-order chi connectivity index (χ0) is 14.7. The number of rotatable bonds is 4. The van der Waals surface area contributed by atoms with Gasteiger partial charge in [0.1, 0.15) is 5.82 Å². The lowest BCUT2D eigenvalue weighted by Crippen LogP contribution is -2.47. The monoisotopic (exact) mass is 284 g/mol. The summed E-state index contributed by atoms with van der Waals surface area (Å²) in [6.45, 7) is 8.38. The fourth-order valence-corrected chi connectivity index (χ4v) is 3.03. The summed E-state index contributed by atoms with van der Waals surface area (Å²) in [6.07, 6.45) is 1.09. The van der Waals surface area contributed by atoms with E-state index in [9.17, 15) is 0 Å². The summed E-state index contributed by atoms with van der Waals surface area (Å²) < 4.78 is 0. The molecule has 2 heterocycles. The Morgan fingerprint density at radius 2 is 1.90 bits per heavy atom. The lowest BCUT2D eigenvalue weighted by atomic mass is 10.1. The number of hydrogen-bond acceptors (Lipinski definition) is 4. The first-order valence-corrected chi connectivity index (χ1v) is 7.81. The Morgan fingerprint density at radius 3 is 2.67 bits per heavy atom. The molecule has 0 aliphatic carbocycles. The average molecular weight is 284 g/mol. The second kappa shape index (κ2) is 6.41. The molecule has 1 fully saturated rings. The van der Waals surface area contributed by atoms with Crippen molar-refractivity contribution in [2.75, 3.05) is 44.2 Å². The number of nitrogens with two attached hydrogens (primary N) is 1. The SMILES string of the molecule is Cc1cc2ccccc2nc1N1CCN(CCCN)CC1. The first-order valence-electron chi connectivity index (χ1n) is 7.81. The van der Waals surface area contributed by atoms with Gasteiger partial charge in [-0.15, -0.1) is 0 Å². The Kier molecular flexibility index (Phi) is 4.36. The highest BCUT2D eigenvalue weighted by Gasteiger charge is 2.19. The highest BCUT2D eigenvalue weighted by atomic mass is 15.3. The molecule has 1 saturated heterocycles. The molecule has 0 amide bonds. The minimum Gasteiger partial charge on any atom is -0.354 e. The van der Waals surface area contributed by atoms with Crippen LogP contribution in [0.25, 0.3) is 10.9 Å². The van der Waals surface area contributed by atoms with Gasteiger partial charge in [0, 0.05) is 31.6 Å². The van der Waals surface area contributed by atoms with E-state index >= 15 is 0 Å². The molecule has 112 valence electrons. The molecular formula is C17H24N4. The van der Waals surface area contributed by atoms with E-state index < -0.39 is 0 Å². The Hall–Kier alpha value is -1.65. The first kappa shape index (κ1) is 14.3. The van der Waals surface area contributed by atoms with E-state index in [1.165, 1.54) is 10.9 Å². The Labute approximate surface area is 126 Å². The number of pyridine rings is 1. The van der Waals surface area contributed by atoms with E-state index in [0.717, 1.165) is 57.0 Å². The number of fused-ring (bicyclic) bond motifs is 1. The summed E-state index contributed by atoms with van der Waals surface area (Å²) in [4.78, 5) is 9.79. The molecule has 1 aliphatic rings. The highest BCUT2D eigenvalue weighted by Crippen LogP contribution is 2.23. The molecule has 1 aromatic heterocycles. The van der Waals surface area contributed by atoms with Crippen LogP contribution >= 0.6 is 0 Å². The maximum Gasteiger partial charge on any atom is 0.132 e. The van der Waals surface area contributed by atoms with Crippen LogP contribution in [0.2, 0.25) is 0 Å². The van der Waals surface area contributed by atoms with Crippen LogP contribution < -0.4 is 10.6 Å². The van der Waals surface area contributed by atoms with Gasteiger partial charge >= 0.3 is 0 Å². The number of anilines is 1. The molecular weight excluding hydrogens is 260 g/mol. The average Bonchev–Trinajstić information content (AvgIpc) is 2.53. The van der Waals surface area contributed by atoms with E-state index in [0.29, 0.717) is 0 Å². The van der Waals surface area contributed by atoms with Crippen molar-refractivity contribution < 1.29 is 0 Å². The van der Waals surface area contributed by atoms with Crippen LogP contribution in [0.4, 0.5) is 5.82 Å². The van der Waals surface area contributed by atoms with Gasteiger partial charge in [0.25, 0.3) is 0 Å². The maximum absolute atomic E-state index is 5.59. The van der Waals surface area contributed by atoms with E-state index in [-0.39, 0.29) is 0 Å². The predicted molar refractivity (Wildman–Crippen MR) is 88.8 cm³/mol. The summed E-state index contributed by atoms with van der Waals surface area (Å²) in [5.41, 5.74) is 7.94. The number of para-hydroxylation sites is 1. The van der Waals surface area contributed by atoms with Gasteiger partial charge in [-0.05, 0) is 44.1 Å². The maximum atomic E-state index is 5.59. The number of aromatic nitrogens is 1. The number of hydrogen-bond donors (Lipinski definition) is 1. The molecule has 4 heteroatoms.